The summed E-state index contributed by atoms with van der Waals surface area (Å²) in [5.41, 5.74) is 0. The normalized spacial score (nSPS) is 19.4. The number of carbonyl (C=O) groups is 1. The predicted molar refractivity (Wildman–Crippen MR) is 60.0 cm³/mol. The molecular formula is C9H14Cl2N2O2. The highest BCUT2D eigenvalue weighted by Crippen LogP contribution is 2.13. The molecular weight excluding hydrogens is 239 g/mol. The average molecular weight is 253 g/mol. The van der Waals surface area contributed by atoms with Gasteiger partial charge in [0, 0.05) is 26.2 Å². The quantitative estimate of drug-likeness (QED) is 0.754. The fourth-order valence-corrected chi connectivity index (χ4v) is 1.76. The van der Waals surface area contributed by atoms with Gasteiger partial charge in [-0.05, 0) is 6.08 Å². The Morgan fingerprint density at radius 2 is 2.07 bits per heavy atom. The zero-order valence-corrected chi connectivity index (χ0v) is 10.0. The highest BCUT2D eigenvalue weighted by Gasteiger charge is 2.26. The van der Waals surface area contributed by atoms with Crippen LogP contribution in [0, 0.1) is 0 Å². The lowest BCUT2D eigenvalue weighted by atomic mass is 10.2. The Bertz CT molecular complexity index is 248. The van der Waals surface area contributed by atoms with E-state index in [-0.39, 0.29) is 10.5 Å². The second kappa shape index (κ2) is 6.33. The van der Waals surface area contributed by atoms with Crippen LogP contribution in [0.2, 0.25) is 0 Å². The summed E-state index contributed by atoms with van der Waals surface area (Å²) < 4.78 is 4.79. The number of esters is 1. The standard InChI is InChI=1S/C9H14Cl2N2O2/c1-15-9(14)7(6-8(10)11)13-4-2-12-3-5-13/h6-7,12H,2-5H2,1H3. The Balaban J connectivity index is 2.70. The maximum atomic E-state index is 11.5. The minimum Gasteiger partial charge on any atom is -0.468 e. The predicted octanol–water partition coefficient (Wildman–Crippen LogP) is 0.752. The maximum absolute atomic E-state index is 11.5. The molecule has 1 atom stereocenters. The first kappa shape index (κ1) is 12.8. The van der Waals surface area contributed by atoms with E-state index < -0.39 is 6.04 Å². The number of methoxy groups -OCH3 is 1. The lowest BCUT2D eigenvalue weighted by Crippen LogP contribution is -2.50. The zero-order valence-electron chi connectivity index (χ0n) is 8.50. The van der Waals surface area contributed by atoms with E-state index >= 15 is 0 Å². The first-order valence-electron chi connectivity index (χ1n) is 4.70. The minimum absolute atomic E-state index is 0.0870. The molecule has 4 nitrogen and oxygen atoms in total. The Kier molecular flexibility index (Phi) is 5.39. The average Bonchev–Trinajstić information content (AvgIpc) is 2.26. The smallest absolute Gasteiger partial charge is 0.327 e. The molecule has 1 unspecified atom stereocenters. The van der Waals surface area contributed by atoms with Crippen LogP contribution >= 0.6 is 23.2 Å². The molecule has 0 aliphatic carbocycles. The van der Waals surface area contributed by atoms with Crippen molar-refractivity contribution in [3.8, 4) is 0 Å². The van der Waals surface area contributed by atoms with Crippen molar-refractivity contribution in [3.63, 3.8) is 0 Å². The van der Waals surface area contributed by atoms with Crippen LogP contribution in [0.1, 0.15) is 0 Å². The van der Waals surface area contributed by atoms with E-state index in [1.165, 1.54) is 13.2 Å². The van der Waals surface area contributed by atoms with Gasteiger partial charge in [-0.3, -0.25) is 9.69 Å². The third-order valence-corrected chi connectivity index (χ3v) is 2.52. The van der Waals surface area contributed by atoms with E-state index in [4.69, 9.17) is 27.9 Å². The van der Waals surface area contributed by atoms with Crippen LogP contribution in [0.25, 0.3) is 0 Å². The SMILES string of the molecule is COC(=O)C(C=C(Cl)Cl)N1CCNCC1. The molecule has 1 saturated heterocycles. The van der Waals surface area contributed by atoms with Crippen LogP contribution in [-0.2, 0) is 9.53 Å². The first-order chi connectivity index (χ1) is 7.15. The zero-order chi connectivity index (χ0) is 11.3. The lowest BCUT2D eigenvalue weighted by Gasteiger charge is -2.31. The molecule has 15 heavy (non-hydrogen) atoms. The number of rotatable bonds is 3. The van der Waals surface area contributed by atoms with Crippen LogP contribution in [-0.4, -0.2) is 50.2 Å². The number of nitrogens with zero attached hydrogens (tertiary/aromatic N) is 1. The Morgan fingerprint density at radius 3 is 2.53 bits per heavy atom. The van der Waals surface area contributed by atoms with Gasteiger partial charge in [0.1, 0.15) is 10.5 Å². The van der Waals surface area contributed by atoms with Crippen molar-refractivity contribution in [1.82, 2.24) is 10.2 Å². The molecule has 0 amide bonds. The van der Waals surface area contributed by atoms with Gasteiger partial charge in [-0.2, -0.15) is 0 Å². The summed E-state index contributed by atoms with van der Waals surface area (Å²) in [4.78, 5) is 13.5. The molecule has 1 rings (SSSR count). The van der Waals surface area contributed by atoms with E-state index in [2.05, 4.69) is 5.32 Å². The van der Waals surface area contributed by atoms with Gasteiger partial charge in [-0.1, -0.05) is 23.2 Å². The number of piperazine rings is 1. The molecule has 1 N–H and O–H groups in total. The van der Waals surface area contributed by atoms with Gasteiger partial charge in [0.2, 0.25) is 0 Å². The van der Waals surface area contributed by atoms with Crippen molar-refractivity contribution >= 4 is 29.2 Å². The van der Waals surface area contributed by atoms with Crippen molar-refractivity contribution in [2.24, 2.45) is 0 Å². The second-order valence-corrected chi connectivity index (χ2v) is 4.22. The van der Waals surface area contributed by atoms with E-state index in [9.17, 15) is 4.79 Å². The van der Waals surface area contributed by atoms with Gasteiger partial charge in [0.25, 0.3) is 0 Å². The van der Waals surface area contributed by atoms with Gasteiger partial charge in [-0.15, -0.1) is 0 Å². The molecule has 0 aromatic rings. The maximum Gasteiger partial charge on any atom is 0.327 e. The molecule has 1 heterocycles. The second-order valence-electron chi connectivity index (χ2n) is 3.21. The summed E-state index contributed by atoms with van der Waals surface area (Å²) in [5, 5.41) is 3.20. The van der Waals surface area contributed by atoms with Gasteiger partial charge >= 0.3 is 5.97 Å². The third kappa shape index (κ3) is 3.99. The van der Waals surface area contributed by atoms with Crippen molar-refractivity contribution in [3.05, 3.63) is 10.6 Å². The number of nitrogens with one attached hydrogen (secondary N) is 1. The van der Waals surface area contributed by atoms with Crippen molar-refractivity contribution in [2.75, 3.05) is 33.3 Å². The largest absolute Gasteiger partial charge is 0.468 e. The molecule has 86 valence electrons. The topological polar surface area (TPSA) is 41.6 Å². The molecule has 0 aromatic carbocycles. The van der Waals surface area contributed by atoms with Gasteiger partial charge < -0.3 is 10.1 Å². The molecule has 1 fully saturated rings. The molecule has 6 heteroatoms. The summed E-state index contributed by atoms with van der Waals surface area (Å²) in [6, 6.07) is -0.484. The summed E-state index contributed by atoms with van der Waals surface area (Å²) in [7, 11) is 1.35. The number of halogens is 2. The van der Waals surface area contributed by atoms with E-state index in [0.717, 1.165) is 26.2 Å². The van der Waals surface area contributed by atoms with E-state index in [0.29, 0.717) is 0 Å². The van der Waals surface area contributed by atoms with Gasteiger partial charge in [-0.25, -0.2) is 0 Å². The molecule has 0 aromatic heterocycles. The molecule has 1 aliphatic rings. The van der Waals surface area contributed by atoms with Crippen LogP contribution in [0.4, 0.5) is 0 Å². The Labute approximate surface area is 99.2 Å². The van der Waals surface area contributed by atoms with Crippen LogP contribution < -0.4 is 5.32 Å². The molecule has 0 radical (unpaired) electrons. The molecule has 0 bridgehead atoms. The number of carbonyl (C=O) groups excluding carboxylic acids is 1. The first-order valence-corrected chi connectivity index (χ1v) is 5.46. The summed E-state index contributed by atoms with van der Waals surface area (Å²) >= 11 is 11.1. The fraction of sp³-hybridized carbons (Fsp3) is 0.667. The fourth-order valence-electron chi connectivity index (χ4n) is 1.52. The summed E-state index contributed by atoms with van der Waals surface area (Å²) in [6.45, 7) is 3.25. The van der Waals surface area contributed by atoms with Gasteiger partial charge in [0.05, 0.1) is 7.11 Å². The van der Waals surface area contributed by atoms with Crippen LogP contribution in [0.3, 0.4) is 0 Å². The molecule has 1 aliphatic heterocycles. The lowest BCUT2D eigenvalue weighted by molar-refractivity contribution is -0.145. The Hall–Kier alpha value is -0.290. The molecule has 0 spiro atoms. The van der Waals surface area contributed by atoms with E-state index in [1.54, 1.807) is 0 Å². The highest BCUT2D eigenvalue weighted by atomic mass is 35.5. The number of hydrogen-bond acceptors (Lipinski definition) is 4. The summed E-state index contributed by atoms with van der Waals surface area (Å²) in [6.07, 6.45) is 1.50. The van der Waals surface area contributed by atoms with Crippen LogP contribution in [0.5, 0.6) is 0 Å². The van der Waals surface area contributed by atoms with Crippen molar-refractivity contribution < 1.29 is 9.53 Å². The monoisotopic (exact) mass is 252 g/mol. The highest BCUT2D eigenvalue weighted by molar-refractivity contribution is 6.56. The third-order valence-electron chi connectivity index (χ3n) is 2.27. The van der Waals surface area contributed by atoms with Crippen molar-refractivity contribution in [2.45, 2.75) is 6.04 Å². The number of ether oxygens (including phenoxy) is 1. The van der Waals surface area contributed by atoms with Crippen molar-refractivity contribution in [1.29, 1.82) is 0 Å². The summed E-state index contributed by atoms with van der Waals surface area (Å²) in [5.74, 6) is -0.337. The van der Waals surface area contributed by atoms with Gasteiger partial charge in [0.15, 0.2) is 0 Å². The van der Waals surface area contributed by atoms with E-state index in [1.807, 2.05) is 4.90 Å². The number of hydrogen-bond donors (Lipinski definition) is 1. The molecule has 0 saturated carbocycles. The Morgan fingerprint density at radius 1 is 1.47 bits per heavy atom. The minimum atomic E-state index is -0.484. The van der Waals surface area contributed by atoms with Crippen LogP contribution in [0.15, 0.2) is 10.6 Å².